The van der Waals surface area contributed by atoms with Crippen molar-refractivity contribution in [1.82, 2.24) is 15.6 Å². The standard InChI is InChI=1S/C21H25ClN6O2/c1-21(2,3)19(27-17(29)12-14-7-9-15(22)10-8-14)28-20(25-13-23)26-16-6-5-11-24-18(16)30-4/h5-11,19H,12H2,1-4H3,(H,27,29)(H2,25,26,28). The van der Waals surface area contributed by atoms with Gasteiger partial charge in [0.05, 0.1) is 13.5 Å². The Balaban J connectivity index is 2.22. The van der Waals surface area contributed by atoms with Crippen LogP contribution in [0.2, 0.25) is 5.02 Å². The predicted molar refractivity (Wildman–Crippen MR) is 117 cm³/mol. The summed E-state index contributed by atoms with van der Waals surface area (Å²) in [6.45, 7) is 5.83. The maximum absolute atomic E-state index is 12.6. The smallest absolute Gasteiger partial charge is 0.237 e. The number of nitriles is 1. The van der Waals surface area contributed by atoms with Gasteiger partial charge in [0.1, 0.15) is 11.9 Å². The van der Waals surface area contributed by atoms with Crippen LogP contribution in [0.5, 0.6) is 5.88 Å². The van der Waals surface area contributed by atoms with Crippen molar-refractivity contribution >= 4 is 29.2 Å². The average molecular weight is 429 g/mol. The molecule has 0 aliphatic rings. The van der Waals surface area contributed by atoms with Crippen LogP contribution >= 0.6 is 11.6 Å². The molecule has 3 N–H and O–H groups in total. The number of ether oxygens (including phenoxy) is 1. The lowest BCUT2D eigenvalue weighted by atomic mass is 9.92. The normalized spacial score (nSPS) is 12.5. The van der Waals surface area contributed by atoms with Crippen LogP contribution in [-0.2, 0) is 11.2 Å². The van der Waals surface area contributed by atoms with Gasteiger partial charge in [-0.25, -0.2) is 9.98 Å². The van der Waals surface area contributed by atoms with Crippen LogP contribution in [0.4, 0.5) is 5.69 Å². The molecule has 1 amide bonds. The van der Waals surface area contributed by atoms with Crippen molar-refractivity contribution in [2.75, 3.05) is 12.4 Å². The van der Waals surface area contributed by atoms with Gasteiger partial charge in [0.25, 0.3) is 0 Å². The number of hydrogen-bond donors (Lipinski definition) is 3. The molecule has 0 fully saturated rings. The summed E-state index contributed by atoms with van der Waals surface area (Å²) in [6.07, 6.45) is 3.02. The number of aliphatic imine (C=N–C) groups is 1. The molecule has 0 saturated heterocycles. The number of hydrogen-bond acceptors (Lipinski definition) is 5. The van der Waals surface area contributed by atoms with E-state index >= 15 is 0 Å². The van der Waals surface area contributed by atoms with Crippen molar-refractivity contribution in [2.24, 2.45) is 10.4 Å². The number of carbonyl (C=O) groups excluding carboxylic acids is 1. The number of nitrogens with one attached hydrogen (secondary N) is 3. The summed E-state index contributed by atoms with van der Waals surface area (Å²) in [5.41, 5.74) is 0.947. The SMILES string of the molecule is COc1ncccc1N/C(=N/C(NC(=O)Cc1ccc(Cl)cc1)C(C)(C)C)NC#N. The molecular weight excluding hydrogens is 404 g/mol. The highest BCUT2D eigenvalue weighted by Gasteiger charge is 2.27. The molecule has 2 rings (SSSR count). The Hall–Kier alpha value is -3.31. The summed E-state index contributed by atoms with van der Waals surface area (Å²) in [6, 6.07) is 10.6. The Morgan fingerprint density at radius 3 is 2.60 bits per heavy atom. The van der Waals surface area contributed by atoms with Gasteiger partial charge in [-0.05, 0) is 29.8 Å². The Labute approximate surface area is 181 Å². The third-order valence-corrected chi connectivity index (χ3v) is 4.30. The second-order valence-electron chi connectivity index (χ2n) is 7.54. The predicted octanol–water partition coefficient (Wildman–Crippen LogP) is 3.31. The summed E-state index contributed by atoms with van der Waals surface area (Å²) in [4.78, 5) is 21.3. The van der Waals surface area contributed by atoms with Gasteiger partial charge in [-0.3, -0.25) is 10.1 Å². The minimum Gasteiger partial charge on any atom is -0.480 e. The van der Waals surface area contributed by atoms with Gasteiger partial charge in [-0.1, -0.05) is 44.5 Å². The molecule has 0 aliphatic heterocycles. The van der Waals surface area contributed by atoms with Gasteiger partial charge in [-0.15, -0.1) is 0 Å². The molecule has 2 aromatic rings. The highest BCUT2D eigenvalue weighted by Crippen LogP contribution is 2.23. The molecule has 0 bridgehead atoms. The van der Waals surface area contributed by atoms with E-state index in [2.05, 4.69) is 25.9 Å². The lowest BCUT2D eigenvalue weighted by Gasteiger charge is -2.29. The third kappa shape index (κ3) is 6.94. The summed E-state index contributed by atoms with van der Waals surface area (Å²) < 4.78 is 5.22. The third-order valence-electron chi connectivity index (χ3n) is 4.05. The highest BCUT2D eigenvalue weighted by molar-refractivity contribution is 6.30. The fraction of sp³-hybridized carbons (Fsp3) is 0.333. The summed E-state index contributed by atoms with van der Waals surface area (Å²) >= 11 is 5.90. The zero-order valence-electron chi connectivity index (χ0n) is 17.4. The number of carbonyl (C=O) groups is 1. The molecule has 158 valence electrons. The van der Waals surface area contributed by atoms with Gasteiger partial charge in [0, 0.05) is 16.6 Å². The lowest BCUT2D eigenvalue weighted by Crippen LogP contribution is -2.45. The second kappa shape index (κ2) is 10.5. The fourth-order valence-electron chi connectivity index (χ4n) is 2.49. The van der Waals surface area contributed by atoms with Crippen molar-refractivity contribution in [3.8, 4) is 12.1 Å². The van der Waals surface area contributed by atoms with Crippen molar-refractivity contribution < 1.29 is 9.53 Å². The first-order valence-electron chi connectivity index (χ1n) is 9.25. The maximum atomic E-state index is 12.6. The van der Waals surface area contributed by atoms with Crippen LogP contribution in [0.1, 0.15) is 26.3 Å². The summed E-state index contributed by atoms with van der Waals surface area (Å²) in [7, 11) is 1.50. The summed E-state index contributed by atoms with van der Waals surface area (Å²) in [5.74, 6) is 0.316. The van der Waals surface area contributed by atoms with Crippen molar-refractivity contribution in [2.45, 2.75) is 33.4 Å². The fourth-order valence-corrected chi connectivity index (χ4v) is 2.61. The number of nitrogens with zero attached hydrogens (tertiary/aromatic N) is 3. The zero-order chi connectivity index (χ0) is 22.1. The number of methoxy groups -OCH3 is 1. The van der Waals surface area contributed by atoms with E-state index in [4.69, 9.17) is 21.6 Å². The van der Waals surface area contributed by atoms with E-state index in [0.29, 0.717) is 16.6 Å². The highest BCUT2D eigenvalue weighted by atomic mass is 35.5. The molecule has 0 aliphatic carbocycles. The molecule has 1 atom stereocenters. The first-order valence-corrected chi connectivity index (χ1v) is 9.63. The van der Waals surface area contributed by atoms with Crippen LogP contribution in [0.25, 0.3) is 0 Å². The van der Waals surface area contributed by atoms with Crippen LogP contribution < -0.4 is 20.7 Å². The van der Waals surface area contributed by atoms with Gasteiger partial charge in [0.15, 0.2) is 6.19 Å². The molecule has 9 heteroatoms. The number of benzene rings is 1. The second-order valence-corrected chi connectivity index (χ2v) is 7.98. The summed E-state index contributed by atoms with van der Waals surface area (Å²) in [5, 5.41) is 18.2. The van der Waals surface area contributed by atoms with E-state index in [9.17, 15) is 4.79 Å². The van der Waals surface area contributed by atoms with Crippen LogP contribution in [-0.4, -0.2) is 30.1 Å². The molecule has 1 aromatic carbocycles. The van der Waals surface area contributed by atoms with E-state index in [1.807, 2.05) is 27.0 Å². The Kier molecular flexibility index (Phi) is 8.01. The molecule has 0 radical (unpaired) electrons. The molecule has 0 saturated carbocycles. The number of guanidine groups is 1. The number of aromatic nitrogens is 1. The Morgan fingerprint density at radius 2 is 2.00 bits per heavy atom. The van der Waals surface area contributed by atoms with Gasteiger partial charge in [-0.2, -0.15) is 5.26 Å². The van der Waals surface area contributed by atoms with Crippen LogP contribution in [0.15, 0.2) is 47.6 Å². The van der Waals surface area contributed by atoms with E-state index < -0.39 is 11.6 Å². The lowest BCUT2D eigenvalue weighted by molar-refractivity contribution is -0.121. The van der Waals surface area contributed by atoms with Crippen LogP contribution in [0, 0.1) is 16.9 Å². The van der Waals surface area contributed by atoms with Crippen LogP contribution in [0.3, 0.4) is 0 Å². The first kappa shape index (κ1) is 23.0. The van der Waals surface area contributed by atoms with Crippen molar-refractivity contribution in [3.05, 3.63) is 53.2 Å². The van der Waals surface area contributed by atoms with Gasteiger partial charge >= 0.3 is 0 Å². The molecule has 1 heterocycles. The monoisotopic (exact) mass is 428 g/mol. The van der Waals surface area contributed by atoms with E-state index in [1.54, 1.807) is 42.6 Å². The topological polar surface area (TPSA) is 111 Å². The number of anilines is 1. The van der Waals surface area contributed by atoms with Crippen molar-refractivity contribution in [3.63, 3.8) is 0 Å². The van der Waals surface area contributed by atoms with E-state index in [0.717, 1.165) is 5.56 Å². The van der Waals surface area contributed by atoms with E-state index in [-0.39, 0.29) is 18.3 Å². The molecular formula is C21H25ClN6O2. The average Bonchev–Trinajstić information content (AvgIpc) is 2.69. The number of rotatable bonds is 6. The molecule has 30 heavy (non-hydrogen) atoms. The van der Waals surface area contributed by atoms with Gasteiger partial charge < -0.3 is 15.4 Å². The van der Waals surface area contributed by atoms with Crippen molar-refractivity contribution in [1.29, 1.82) is 5.26 Å². The largest absolute Gasteiger partial charge is 0.480 e. The van der Waals surface area contributed by atoms with Gasteiger partial charge in [0.2, 0.25) is 17.7 Å². The molecule has 1 aromatic heterocycles. The number of amides is 1. The molecule has 1 unspecified atom stereocenters. The molecule has 0 spiro atoms. The quantitative estimate of drug-likeness (QED) is 0.281. The van der Waals surface area contributed by atoms with E-state index in [1.165, 1.54) is 7.11 Å². The maximum Gasteiger partial charge on any atom is 0.237 e. The first-order chi connectivity index (χ1) is 14.2. The minimum absolute atomic E-state index is 0.163. The number of pyridine rings is 1. The number of halogens is 1. The molecule has 8 nitrogen and oxygen atoms in total. The Bertz CT molecular complexity index is 932. The zero-order valence-corrected chi connectivity index (χ0v) is 18.1. The Morgan fingerprint density at radius 1 is 1.30 bits per heavy atom. The minimum atomic E-state index is -0.608.